The third-order valence-corrected chi connectivity index (χ3v) is 7.78. The van der Waals surface area contributed by atoms with Crippen LogP contribution in [-0.2, 0) is 14.8 Å². The van der Waals surface area contributed by atoms with Gasteiger partial charge in [-0.2, -0.15) is 4.31 Å². The van der Waals surface area contributed by atoms with E-state index in [0.29, 0.717) is 30.4 Å². The number of hydrogen-bond acceptors (Lipinski definition) is 4. The summed E-state index contributed by atoms with van der Waals surface area (Å²) in [4.78, 5) is 3.04. The van der Waals surface area contributed by atoms with Crippen molar-refractivity contribution < 1.29 is 28.1 Å². The van der Waals surface area contributed by atoms with E-state index in [1.807, 2.05) is 12.1 Å². The maximum absolute atomic E-state index is 12.9. The molecule has 3 rings (SSSR count). The molecule has 0 aromatic heterocycles. The van der Waals surface area contributed by atoms with Crippen molar-refractivity contribution in [2.45, 2.75) is 30.8 Å². The summed E-state index contributed by atoms with van der Waals surface area (Å²) < 4.78 is 32.8. The molecule has 1 atom stereocenters. The summed E-state index contributed by atoms with van der Waals surface area (Å²) in [6, 6.07) is 7.25. The third-order valence-electron chi connectivity index (χ3n) is 5.86. The highest BCUT2D eigenvalue weighted by atomic mass is 32.2. The second-order valence-corrected chi connectivity index (χ2v) is 10.2. The van der Waals surface area contributed by atoms with E-state index in [4.69, 9.17) is 4.74 Å². The minimum absolute atomic E-state index is 0.352. The molecule has 0 unspecified atom stereocenters. The minimum atomic E-state index is -3.44. The topological polar surface area (TPSA) is 75.7 Å². The first-order chi connectivity index (χ1) is 13.4. The molecular formula is C20H35N3O4S+2. The predicted molar refractivity (Wildman–Crippen MR) is 107 cm³/mol. The fourth-order valence-electron chi connectivity index (χ4n) is 4.02. The smallest absolute Gasteiger partial charge is 0.243 e. The number of nitrogens with zero attached hydrogens (tertiary/aromatic N) is 1. The molecule has 2 fully saturated rings. The van der Waals surface area contributed by atoms with Crippen LogP contribution in [0.15, 0.2) is 29.2 Å². The number of sulfonamides is 1. The Morgan fingerprint density at radius 2 is 1.54 bits per heavy atom. The lowest BCUT2D eigenvalue weighted by atomic mass is 10.0. The summed E-state index contributed by atoms with van der Waals surface area (Å²) in [5.74, 6) is 0.384. The van der Waals surface area contributed by atoms with E-state index in [1.165, 1.54) is 9.80 Å². The van der Waals surface area contributed by atoms with Crippen molar-refractivity contribution in [3.8, 4) is 0 Å². The molecule has 0 radical (unpaired) electrons. The average molecular weight is 414 g/mol. The second-order valence-electron chi connectivity index (χ2n) is 8.30. The molecular weight excluding hydrogens is 378 g/mol. The first-order valence-electron chi connectivity index (χ1n) is 10.4. The number of piperazine rings is 1. The number of quaternary nitrogens is 2. The van der Waals surface area contributed by atoms with Gasteiger partial charge >= 0.3 is 0 Å². The van der Waals surface area contributed by atoms with Gasteiger partial charge in [0.15, 0.2) is 6.10 Å². The maximum Gasteiger partial charge on any atom is 0.243 e. The largest absolute Gasteiger partial charge is 0.382 e. The summed E-state index contributed by atoms with van der Waals surface area (Å²) >= 11 is 0. The van der Waals surface area contributed by atoms with Crippen LogP contribution in [0.5, 0.6) is 0 Å². The van der Waals surface area contributed by atoms with Gasteiger partial charge in [-0.05, 0) is 23.6 Å². The molecule has 2 heterocycles. The number of morpholine rings is 1. The predicted octanol–water partition coefficient (Wildman–Crippen LogP) is -2.02. The number of aliphatic hydroxyl groups is 1. The van der Waals surface area contributed by atoms with E-state index < -0.39 is 10.0 Å². The molecule has 28 heavy (non-hydrogen) atoms. The standard InChI is InChI=1S/C20H33N3O4S/c1-17(2)18-3-5-20(6-4-18)28(25,26)23-9-7-21(8-10-23)15-19(24)16-22-11-13-27-14-12-22/h3-6,17,19,24H,7-16H2,1-2H3/p+2/t19-/m0/s1. The van der Waals surface area contributed by atoms with Crippen molar-refractivity contribution in [3.63, 3.8) is 0 Å². The highest BCUT2D eigenvalue weighted by Gasteiger charge is 2.32. The van der Waals surface area contributed by atoms with E-state index in [1.54, 1.807) is 16.4 Å². The lowest BCUT2D eigenvalue weighted by Gasteiger charge is -2.33. The van der Waals surface area contributed by atoms with Crippen LogP contribution in [0.2, 0.25) is 0 Å². The molecule has 0 spiro atoms. The Hall–Kier alpha value is -1.03. The number of rotatable bonds is 7. The molecule has 158 valence electrons. The van der Waals surface area contributed by atoms with Crippen LogP contribution in [0.4, 0.5) is 0 Å². The van der Waals surface area contributed by atoms with Gasteiger partial charge < -0.3 is 19.6 Å². The van der Waals surface area contributed by atoms with Gasteiger partial charge in [-0.25, -0.2) is 8.42 Å². The van der Waals surface area contributed by atoms with Crippen LogP contribution in [0.25, 0.3) is 0 Å². The summed E-state index contributed by atoms with van der Waals surface area (Å²) in [5, 5.41) is 10.4. The number of ether oxygens (including phenoxy) is 1. The quantitative estimate of drug-likeness (QED) is 0.482. The van der Waals surface area contributed by atoms with E-state index in [9.17, 15) is 13.5 Å². The van der Waals surface area contributed by atoms with Crippen molar-refractivity contribution in [1.29, 1.82) is 0 Å². The van der Waals surface area contributed by atoms with Crippen molar-refractivity contribution in [2.75, 3.05) is 65.6 Å². The Kier molecular flexibility index (Phi) is 7.47. The zero-order chi connectivity index (χ0) is 20.1. The van der Waals surface area contributed by atoms with Crippen LogP contribution in [0.3, 0.4) is 0 Å². The van der Waals surface area contributed by atoms with Crippen LogP contribution in [0.1, 0.15) is 25.3 Å². The molecule has 0 amide bonds. The molecule has 8 heteroatoms. The fraction of sp³-hybridized carbons (Fsp3) is 0.700. The zero-order valence-corrected chi connectivity index (χ0v) is 17.9. The van der Waals surface area contributed by atoms with Crippen LogP contribution in [-0.4, -0.2) is 89.5 Å². The summed E-state index contributed by atoms with van der Waals surface area (Å²) in [6.07, 6.45) is -0.352. The number of benzene rings is 1. The SMILES string of the molecule is CC(C)c1ccc(S(=O)(=O)N2CC[NH+](C[C@H](O)C[NH+]3CCOCC3)CC2)cc1. The second kappa shape index (κ2) is 9.65. The van der Waals surface area contributed by atoms with Gasteiger partial charge in [0.25, 0.3) is 0 Å². The molecule has 1 aromatic rings. The van der Waals surface area contributed by atoms with Crippen LogP contribution >= 0.6 is 0 Å². The van der Waals surface area contributed by atoms with Gasteiger partial charge in [0.05, 0.1) is 44.3 Å². The van der Waals surface area contributed by atoms with Gasteiger partial charge in [0.2, 0.25) is 10.0 Å². The Balaban J connectivity index is 1.49. The third kappa shape index (κ3) is 5.52. The Morgan fingerprint density at radius 3 is 2.07 bits per heavy atom. The van der Waals surface area contributed by atoms with Gasteiger partial charge in [0, 0.05) is 0 Å². The van der Waals surface area contributed by atoms with E-state index in [0.717, 1.165) is 51.5 Å². The van der Waals surface area contributed by atoms with Crippen LogP contribution < -0.4 is 9.80 Å². The minimum Gasteiger partial charge on any atom is -0.382 e. The fourth-order valence-corrected chi connectivity index (χ4v) is 5.46. The van der Waals surface area contributed by atoms with Gasteiger partial charge in [-0.3, -0.25) is 0 Å². The Labute approximate surface area is 168 Å². The Morgan fingerprint density at radius 1 is 1.00 bits per heavy atom. The monoisotopic (exact) mass is 413 g/mol. The van der Waals surface area contributed by atoms with Crippen LogP contribution in [0, 0.1) is 0 Å². The van der Waals surface area contributed by atoms with E-state index in [2.05, 4.69) is 13.8 Å². The molecule has 7 nitrogen and oxygen atoms in total. The first kappa shape index (κ1) is 21.7. The highest BCUT2D eigenvalue weighted by Crippen LogP contribution is 2.20. The lowest BCUT2D eigenvalue weighted by molar-refractivity contribution is -0.930. The van der Waals surface area contributed by atoms with Crippen molar-refractivity contribution in [2.24, 2.45) is 0 Å². The highest BCUT2D eigenvalue weighted by molar-refractivity contribution is 7.89. The number of aliphatic hydroxyl groups excluding tert-OH is 1. The Bertz CT molecular complexity index is 709. The summed E-state index contributed by atoms with van der Waals surface area (Å²) in [7, 11) is -3.44. The normalized spacial score (nSPS) is 21.9. The van der Waals surface area contributed by atoms with Gasteiger partial charge in [-0.15, -0.1) is 0 Å². The lowest BCUT2D eigenvalue weighted by Crippen LogP contribution is -3.19. The average Bonchev–Trinajstić information content (AvgIpc) is 2.69. The molecule has 2 saturated heterocycles. The van der Waals surface area contributed by atoms with Gasteiger partial charge in [0.1, 0.15) is 26.2 Å². The first-order valence-corrected chi connectivity index (χ1v) is 11.8. The number of nitrogens with one attached hydrogen (secondary N) is 2. The summed E-state index contributed by atoms with van der Waals surface area (Å²) in [5.41, 5.74) is 1.14. The molecule has 2 aliphatic rings. The van der Waals surface area contributed by atoms with Gasteiger partial charge in [-0.1, -0.05) is 26.0 Å². The molecule has 0 bridgehead atoms. The zero-order valence-electron chi connectivity index (χ0n) is 17.1. The van der Waals surface area contributed by atoms with Crippen molar-refractivity contribution in [1.82, 2.24) is 4.31 Å². The van der Waals surface area contributed by atoms with E-state index >= 15 is 0 Å². The molecule has 0 aliphatic carbocycles. The van der Waals surface area contributed by atoms with Crippen molar-refractivity contribution >= 4 is 10.0 Å². The maximum atomic E-state index is 12.9. The molecule has 1 aromatic carbocycles. The molecule has 2 aliphatic heterocycles. The van der Waals surface area contributed by atoms with E-state index in [-0.39, 0.29) is 6.10 Å². The number of hydrogen-bond donors (Lipinski definition) is 3. The molecule has 0 saturated carbocycles. The summed E-state index contributed by atoms with van der Waals surface area (Å²) in [6.45, 7) is 11.5. The molecule has 3 N–H and O–H groups in total. The van der Waals surface area contributed by atoms with Crippen molar-refractivity contribution in [3.05, 3.63) is 29.8 Å².